The van der Waals surface area contributed by atoms with E-state index >= 15 is 0 Å². The summed E-state index contributed by atoms with van der Waals surface area (Å²) in [5, 5.41) is 6.86. The number of rotatable bonds is 13. The monoisotopic (exact) mass is 536 g/mol. The second-order valence-electron chi connectivity index (χ2n) is 9.24. The van der Waals surface area contributed by atoms with E-state index < -0.39 is 28.9 Å². The van der Waals surface area contributed by atoms with E-state index in [1.54, 1.807) is 0 Å². The molecular weight excluding hydrogens is 504 g/mol. The number of nitrogens with one attached hydrogen (secondary N) is 2. The number of hydrogen-bond acceptors (Lipinski definition) is 11. The van der Waals surface area contributed by atoms with Crippen LogP contribution < -0.4 is 27.2 Å². The van der Waals surface area contributed by atoms with E-state index in [1.165, 1.54) is 13.8 Å². The van der Waals surface area contributed by atoms with Gasteiger partial charge in [-0.05, 0) is 12.5 Å². The molecule has 0 amide bonds. The van der Waals surface area contributed by atoms with E-state index in [-0.39, 0.29) is 24.5 Å². The van der Waals surface area contributed by atoms with Gasteiger partial charge in [0.05, 0.1) is 17.6 Å². The molecule has 206 valence electrons. The number of anilines is 3. The molecule has 12 heteroatoms. The highest BCUT2D eigenvalue weighted by molar-refractivity contribution is 6.06. The maximum atomic E-state index is 12.3. The number of esters is 2. The number of nitrogens with zero attached hydrogens (tertiary/aromatic N) is 3. The summed E-state index contributed by atoms with van der Waals surface area (Å²) in [6, 6.07) is 7.72. The van der Waals surface area contributed by atoms with Crippen LogP contribution in [0.4, 0.5) is 17.2 Å². The van der Waals surface area contributed by atoms with Crippen molar-refractivity contribution in [2.24, 2.45) is 0 Å². The topological polar surface area (TPSA) is 168 Å². The van der Waals surface area contributed by atoms with E-state index in [2.05, 4.69) is 27.1 Å². The van der Waals surface area contributed by atoms with Gasteiger partial charge in [0, 0.05) is 38.7 Å². The molecule has 0 aliphatic heterocycles. The molecule has 2 aromatic carbocycles. The molecule has 39 heavy (non-hydrogen) atoms. The Balaban J connectivity index is 1.53. The van der Waals surface area contributed by atoms with Crippen LogP contribution in [0.1, 0.15) is 39.4 Å². The van der Waals surface area contributed by atoms with Crippen molar-refractivity contribution in [2.45, 2.75) is 52.7 Å². The van der Waals surface area contributed by atoms with E-state index in [9.17, 15) is 19.2 Å². The summed E-state index contributed by atoms with van der Waals surface area (Å²) >= 11 is 0. The zero-order valence-corrected chi connectivity index (χ0v) is 22.2. The van der Waals surface area contributed by atoms with Gasteiger partial charge in [0.1, 0.15) is 29.3 Å². The summed E-state index contributed by atoms with van der Waals surface area (Å²) in [5.74, 6) is 0.140. The number of benzene rings is 1. The molecule has 0 fully saturated rings. The third-order valence-corrected chi connectivity index (χ3v) is 6.30. The van der Waals surface area contributed by atoms with Gasteiger partial charge in [0.25, 0.3) is 10.9 Å². The first-order valence-electron chi connectivity index (χ1n) is 12.9. The number of aryl methyl sites for hydroxylation is 1. The Hall–Kier alpha value is -4.48. The normalized spacial score (nSPS) is 12.1. The van der Waals surface area contributed by atoms with Crippen LogP contribution in [0.2, 0.25) is 0 Å². The summed E-state index contributed by atoms with van der Waals surface area (Å²) in [6.45, 7) is 5.18. The standard InChI is InChI=1S/C27H32N6O6/c1-4-5-10-20-32-23-24(18-8-6-7-9-19(18)31-27(23)28)33(20)12-11-29-21-22(26(37)25(21)36)30-13-17(39-16(3)35)14-38-15(2)34/h6-9,17,29-30H,4-5,10-14H2,1-3H3,(H2,28,31)/t17-/m0/s1. The van der Waals surface area contributed by atoms with Crippen LogP contribution in [0.3, 0.4) is 0 Å². The Labute approximate surface area is 224 Å². The van der Waals surface area contributed by atoms with Crippen molar-refractivity contribution in [3.05, 3.63) is 50.5 Å². The summed E-state index contributed by atoms with van der Waals surface area (Å²) < 4.78 is 12.1. The summed E-state index contributed by atoms with van der Waals surface area (Å²) in [7, 11) is 0. The largest absolute Gasteiger partial charge is 0.462 e. The van der Waals surface area contributed by atoms with Crippen LogP contribution in [0.5, 0.6) is 0 Å². The molecule has 0 aliphatic rings. The summed E-state index contributed by atoms with van der Waals surface area (Å²) in [6.07, 6.45) is 1.88. The number of ether oxygens (including phenoxy) is 2. The number of para-hydroxylation sites is 1. The zero-order valence-electron chi connectivity index (χ0n) is 22.2. The van der Waals surface area contributed by atoms with Crippen LogP contribution in [0.15, 0.2) is 33.9 Å². The lowest BCUT2D eigenvalue weighted by molar-refractivity contribution is -0.155. The van der Waals surface area contributed by atoms with Crippen LogP contribution >= 0.6 is 0 Å². The molecule has 0 radical (unpaired) electrons. The molecule has 4 rings (SSSR count). The van der Waals surface area contributed by atoms with Crippen molar-refractivity contribution in [2.75, 3.05) is 36.1 Å². The van der Waals surface area contributed by atoms with Crippen molar-refractivity contribution in [3.8, 4) is 0 Å². The Morgan fingerprint density at radius 1 is 1.05 bits per heavy atom. The summed E-state index contributed by atoms with van der Waals surface area (Å²) in [5.41, 5.74) is 7.48. The smallest absolute Gasteiger partial charge is 0.303 e. The van der Waals surface area contributed by atoms with Crippen LogP contribution in [0.25, 0.3) is 21.9 Å². The Kier molecular flexibility index (Phi) is 8.43. The molecule has 1 atom stereocenters. The fourth-order valence-electron chi connectivity index (χ4n) is 4.49. The minimum absolute atomic E-state index is 0.0159. The molecule has 0 aliphatic carbocycles. The fraction of sp³-hybridized carbons (Fsp3) is 0.407. The van der Waals surface area contributed by atoms with Crippen molar-refractivity contribution in [1.82, 2.24) is 14.5 Å². The molecule has 0 saturated heterocycles. The minimum Gasteiger partial charge on any atom is -0.462 e. The van der Waals surface area contributed by atoms with Gasteiger partial charge < -0.3 is 30.4 Å². The van der Waals surface area contributed by atoms with Gasteiger partial charge in [-0.15, -0.1) is 0 Å². The highest BCUT2D eigenvalue weighted by Crippen LogP contribution is 2.29. The molecular formula is C27H32N6O6. The molecule has 0 spiro atoms. The Bertz CT molecular complexity index is 1590. The third kappa shape index (κ3) is 6.00. The highest BCUT2D eigenvalue weighted by atomic mass is 16.6. The molecule has 2 heterocycles. The Morgan fingerprint density at radius 2 is 1.77 bits per heavy atom. The van der Waals surface area contributed by atoms with Crippen molar-refractivity contribution >= 4 is 51.1 Å². The first-order chi connectivity index (χ1) is 18.7. The van der Waals surface area contributed by atoms with E-state index in [4.69, 9.17) is 20.2 Å². The van der Waals surface area contributed by atoms with Gasteiger partial charge in [0.2, 0.25) is 0 Å². The van der Waals surface area contributed by atoms with Gasteiger partial charge >= 0.3 is 11.9 Å². The SMILES string of the molecule is CCCCc1nc2c(N)nc3ccccc3c2n1CCNc1c(NC[C@@H](COC(C)=O)OC(C)=O)c(=O)c1=O. The predicted octanol–water partition coefficient (Wildman–Crippen LogP) is 2.12. The number of unbranched alkanes of at least 4 members (excludes halogenated alkanes) is 1. The molecule has 0 saturated carbocycles. The molecule has 0 bridgehead atoms. The van der Waals surface area contributed by atoms with Crippen LogP contribution in [-0.4, -0.2) is 52.3 Å². The van der Waals surface area contributed by atoms with Gasteiger partial charge in [-0.1, -0.05) is 31.5 Å². The van der Waals surface area contributed by atoms with Crippen molar-refractivity contribution < 1.29 is 19.1 Å². The third-order valence-electron chi connectivity index (χ3n) is 6.30. The number of carbonyl (C=O) groups is 2. The van der Waals surface area contributed by atoms with Crippen molar-refractivity contribution in [1.29, 1.82) is 0 Å². The van der Waals surface area contributed by atoms with Crippen LogP contribution in [-0.2, 0) is 32.0 Å². The number of nitrogens with two attached hydrogens (primary N) is 1. The molecule has 2 aromatic heterocycles. The lowest BCUT2D eigenvalue weighted by Gasteiger charge is -2.20. The summed E-state index contributed by atoms with van der Waals surface area (Å²) in [4.78, 5) is 56.4. The number of imidazole rings is 1. The van der Waals surface area contributed by atoms with E-state index in [0.717, 1.165) is 41.5 Å². The Morgan fingerprint density at radius 3 is 2.46 bits per heavy atom. The van der Waals surface area contributed by atoms with Gasteiger partial charge in [-0.25, -0.2) is 9.97 Å². The van der Waals surface area contributed by atoms with E-state index in [0.29, 0.717) is 24.4 Å². The number of fused-ring (bicyclic) bond motifs is 3. The lowest BCUT2D eigenvalue weighted by atomic mass is 10.1. The fourth-order valence-corrected chi connectivity index (χ4v) is 4.49. The number of hydrogen-bond donors (Lipinski definition) is 3. The average molecular weight is 537 g/mol. The molecule has 4 aromatic rings. The van der Waals surface area contributed by atoms with Gasteiger partial charge in [0.15, 0.2) is 11.9 Å². The average Bonchev–Trinajstić information content (AvgIpc) is 3.28. The number of aromatic nitrogens is 3. The van der Waals surface area contributed by atoms with Crippen LogP contribution in [0, 0.1) is 0 Å². The van der Waals surface area contributed by atoms with E-state index in [1.807, 2.05) is 24.3 Å². The van der Waals surface area contributed by atoms with Crippen molar-refractivity contribution in [3.63, 3.8) is 0 Å². The first-order valence-corrected chi connectivity index (χ1v) is 12.9. The maximum Gasteiger partial charge on any atom is 0.303 e. The maximum absolute atomic E-state index is 12.3. The second-order valence-corrected chi connectivity index (χ2v) is 9.24. The number of nitrogen functional groups attached to an aromatic ring is 1. The number of pyridine rings is 1. The predicted molar refractivity (Wildman–Crippen MR) is 149 cm³/mol. The molecule has 0 unspecified atom stereocenters. The van der Waals surface area contributed by atoms with Gasteiger partial charge in [-0.2, -0.15) is 0 Å². The molecule has 12 nitrogen and oxygen atoms in total. The highest BCUT2D eigenvalue weighted by Gasteiger charge is 2.23. The second kappa shape index (κ2) is 11.9. The lowest BCUT2D eigenvalue weighted by Crippen LogP contribution is -2.40. The first kappa shape index (κ1) is 27.6. The quantitative estimate of drug-likeness (QED) is 0.169. The minimum atomic E-state index is -0.825. The van der Waals surface area contributed by atoms with Gasteiger partial charge in [-0.3, -0.25) is 19.2 Å². The number of carbonyl (C=O) groups excluding carboxylic acids is 2. The zero-order chi connectivity index (χ0) is 28.1. The molecule has 4 N–H and O–H groups in total.